The maximum Gasteiger partial charge on any atom is 0.219 e. The van der Waals surface area contributed by atoms with Crippen LogP contribution in [0.4, 0.5) is 5.69 Å². The Morgan fingerprint density at radius 1 is 1.11 bits per heavy atom. The van der Waals surface area contributed by atoms with Crippen LogP contribution in [-0.2, 0) is 12.8 Å². The molecular weight excluding hydrogens is 240 g/mol. The minimum absolute atomic E-state index is 0.601. The molecule has 3 rings (SSSR count). The lowest BCUT2D eigenvalue weighted by Gasteiger charge is -2.11. The third-order valence-corrected chi connectivity index (χ3v) is 3.30. The molecule has 0 spiro atoms. The highest BCUT2D eigenvalue weighted by atomic mass is 16.5. The molecule has 0 aliphatic heterocycles. The predicted molar refractivity (Wildman–Crippen MR) is 73.7 cm³/mol. The molecule has 1 heterocycles. The van der Waals surface area contributed by atoms with E-state index in [-0.39, 0.29) is 0 Å². The van der Waals surface area contributed by atoms with Gasteiger partial charge in [0.05, 0.1) is 7.11 Å². The second-order valence-corrected chi connectivity index (χ2v) is 4.62. The summed E-state index contributed by atoms with van der Waals surface area (Å²) < 4.78 is 11.0. The smallest absolute Gasteiger partial charge is 0.219 e. The van der Waals surface area contributed by atoms with Gasteiger partial charge in [0.1, 0.15) is 0 Å². The molecule has 0 saturated heterocycles. The molecule has 2 N–H and O–H groups in total. The summed E-state index contributed by atoms with van der Waals surface area (Å²) in [7, 11) is 1.59. The van der Waals surface area contributed by atoms with Gasteiger partial charge in [-0.15, -0.1) is 0 Å². The summed E-state index contributed by atoms with van der Waals surface area (Å²) in [6.45, 7) is 0. The first kappa shape index (κ1) is 11.8. The number of anilines is 1. The number of ether oxygens (including phenoxy) is 2. The number of hydrogen-bond acceptors (Lipinski definition) is 4. The van der Waals surface area contributed by atoms with Gasteiger partial charge in [-0.1, -0.05) is 6.07 Å². The quantitative estimate of drug-likeness (QED) is 0.858. The second kappa shape index (κ2) is 4.80. The molecule has 4 nitrogen and oxygen atoms in total. The molecule has 0 bridgehead atoms. The number of nitrogens with two attached hydrogens (primary N) is 1. The Hall–Kier alpha value is -2.23. The third kappa shape index (κ3) is 2.34. The van der Waals surface area contributed by atoms with Gasteiger partial charge in [-0.25, -0.2) is 4.98 Å². The van der Waals surface area contributed by atoms with Crippen molar-refractivity contribution in [3.05, 3.63) is 41.6 Å². The van der Waals surface area contributed by atoms with Gasteiger partial charge in [-0.05, 0) is 37.0 Å². The Bertz CT molecular complexity index is 611. The number of fused-ring (bicyclic) bond motifs is 1. The molecule has 19 heavy (non-hydrogen) atoms. The Morgan fingerprint density at radius 3 is 2.84 bits per heavy atom. The monoisotopic (exact) mass is 256 g/mol. The molecule has 0 fully saturated rings. The van der Waals surface area contributed by atoms with Crippen LogP contribution in [0, 0.1) is 0 Å². The van der Waals surface area contributed by atoms with Crippen LogP contribution in [0.25, 0.3) is 0 Å². The molecule has 0 saturated carbocycles. The van der Waals surface area contributed by atoms with Crippen molar-refractivity contribution in [2.45, 2.75) is 19.3 Å². The van der Waals surface area contributed by atoms with Gasteiger partial charge in [-0.2, -0.15) is 0 Å². The lowest BCUT2D eigenvalue weighted by Crippen LogP contribution is -1.96. The molecule has 1 aliphatic rings. The van der Waals surface area contributed by atoms with Gasteiger partial charge < -0.3 is 15.2 Å². The van der Waals surface area contributed by atoms with E-state index in [1.807, 2.05) is 6.07 Å². The zero-order chi connectivity index (χ0) is 13.2. The zero-order valence-electron chi connectivity index (χ0n) is 10.8. The van der Waals surface area contributed by atoms with E-state index in [0.29, 0.717) is 23.1 Å². The van der Waals surface area contributed by atoms with Crippen LogP contribution in [0.5, 0.6) is 17.4 Å². The van der Waals surface area contributed by atoms with E-state index < -0.39 is 0 Å². The van der Waals surface area contributed by atoms with Crippen LogP contribution < -0.4 is 15.2 Å². The number of pyridine rings is 1. The summed E-state index contributed by atoms with van der Waals surface area (Å²) in [5, 5.41) is 0. The lowest BCUT2D eigenvalue weighted by atomic mass is 10.2. The van der Waals surface area contributed by atoms with Crippen molar-refractivity contribution in [1.82, 2.24) is 4.98 Å². The largest absolute Gasteiger partial charge is 0.493 e. The van der Waals surface area contributed by atoms with E-state index in [0.717, 1.165) is 18.5 Å². The Morgan fingerprint density at radius 2 is 2.00 bits per heavy atom. The molecule has 0 radical (unpaired) electrons. The van der Waals surface area contributed by atoms with Crippen molar-refractivity contribution in [2.75, 3.05) is 12.8 Å². The molecule has 2 aromatic rings. The second-order valence-electron chi connectivity index (χ2n) is 4.62. The first-order valence-corrected chi connectivity index (χ1v) is 6.36. The highest BCUT2D eigenvalue weighted by Gasteiger charge is 2.14. The van der Waals surface area contributed by atoms with Gasteiger partial charge in [-0.3, -0.25) is 0 Å². The molecule has 98 valence electrons. The van der Waals surface area contributed by atoms with Crippen LogP contribution in [0.15, 0.2) is 30.3 Å². The molecule has 0 amide bonds. The fourth-order valence-electron chi connectivity index (χ4n) is 2.34. The first-order chi connectivity index (χ1) is 9.26. The highest BCUT2D eigenvalue weighted by molar-refractivity contribution is 5.52. The van der Waals surface area contributed by atoms with Crippen molar-refractivity contribution >= 4 is 5.69 Å². The fraction of sp³-hybridized carbons (Fsp3) is 0.267. The number of aryl methyl sites for hydroxylation is 2. The number of methoxy groups -OCH3 is 1. The van der Waals surface area contributed by atoms with E-state index in [2.05, 4.69) is 11.1 Å². The van der Waals surface area contributed by atoms with Gasteiger partial charge in [0.15, 0.2) is 11.5 Å². The number of rotatable bonds is 3. The number of benzene rings is 1. The Kier molecular flexibility index (Phi) is 2.99. The normalized spacial score (nSPS) is 13.1. The lowest BCUT2D eigenvalue weighted by molar-refractivity contribution is 0.374. The molecule has 1 aliphatic carbocycles. The van der Waals surface area contributed by atoms with Crippen LogP contribution in [-0.4, -0.2) is 12.1 Å². The molecular formula is C15H16N2O2. The minimum Gasteiger partial charge on any atom is -0.493 e. The van der Waals surface area contributed by atoms with Crippen LogP contribution >= 0.6 is 0 Å². The van der Waals surface area contributed by atoms with Gasteiger partial charge in [0.25, 0.3) is 0 Å². The van der Waals surface area contributed by atoms with Gasteiger partial charge in [0, 0.05) is 23.5 Å². The van der Waals surface area contributed by atoms with Crippen molar-refractivity contribution in [2.24, 2.45) is 0 Å². The number of nitrogen functional groups attached to an aromatic ring is 1. The van der Waals surface area contributed by atoms with Crippen molar-refractivity contribution in [1.29, 1.82) is 0 Å². The molecule has 0 atom stereocenters. The molecule has 4 heteroatoms. The van der Waals surface area contributed by atoms with E-state index in [1.54, 1.807) is 25.3 Å². The summed E-state index contributed by atoms with van der Waals surface area (Å²) in [4.78, 5) is 4.54. The minimum atomic E-state index is 0.601. The summed E-state index contributed by atoms with van der Waals surface area (Å²) in [5.74, 6) is 1.84. The summed E-state index contributed by atoms with van der Waals surface area (Å²) >= 11 is 0. The van der Waals surface area contributed by atoms with E-state index >= 15 is 0 Å². The van der Waals surface area contributed by atoms with Crippen LogP contribution in [0.1, 0.15) is 17.7 Å². The van der Waals surface area contributed by atoms with E-state index in [4.69, 9.17) is 15.2 Å². The summed E-state index contributed by atoms with van der Waals surface area (Å²) in [5.41, 5.74) is 8.84. The predicted octanol–water partition coefficient (Wildman–Crippen LogP) is 2.95. The summed E-state index contributed by atoms with van der Waals surface area (Å²) in [6.07, 6.45) is 3.33. The topological polar surface area (TPSA) is 57.4 Å². The number of nitrogens with zero attached hydrogens (tertiary/aromatic N) is 1. The maximum atomic E-state index is 5.79. The molecule has 0 unspecified atom stereocenters. The Labute approximate surface area is 112 Å². The molecule has 1 aromatic carbocycles. The number of aromatic nitrogens is 1. The van der Waals surface area contributed by atoms with Crippen molar-refractivity contribution < 1.29 is 9.47 Å². The third-order valence-electron chi connectivity index (χ3n) is 3.30. The van der Waals surface area contributed by atoms with Gasteiger partial charge >= 0.3 is 0 Å². The summed E-state index contributed by atoms with van der Waals surface area (Å²) in [6, 6.07) is 9.31. The van der Waals surface area contributed by atoms with E-state index in [9.17, 15) is 0 Å². The zero-order valence-corrected chi connectivity index (χ0v) is 10.8. The Balaban J connectivity index is 1.89. The number of hydrogen-bond donors (Lipinski definition) is 1. The first-order valence-electron chi connectivity index (χ1n) is 6.36. The standard InChI is InChI=1S/C15H16N2O2/c1-18-14-9-11(16)6-7-13(14)19-15-8-5-10-3-2-4-12(10)17-15/h5-9H,2-4,16H2,1H3. The van der Waals surface area contributed by atoms with Crippen LogP contribution in [0.2, 0.25) is 0 Å². The fourth-order valence-corrected chi connectivity index (χ4v) is 2.34. The van der Waals surface area contributed by atoms with E-state index in [1.165, 1.54) is 12.0 Å². The molecule has 1 aromatic heterocycles. The SMILES string of the molecule is COc1cc(N)ccc1Oc1ccc2c(n1)CCC2. The van der Waals surface area contributed by atoms with Crippen LogP contribution in [0.3, 0.4) is 0 Å². The van der Waals surface area contributed by atoms with Crippen molar-refractivity contribution in [3.8, 4) is 17.4 Å². The highest BCUT2D eigenvalue weighted by Crippen LogP contribution is 2.33. The average molecular weight is 256 g/mol. The van der Waals surface area contributed by atoms with Gasteiger partial charge in [0.2, 0.25) is 5.88 Å². The maximum absolute atomic E-state index is 5.79. The van der Waals surface area contributed by atoms with Crippen molar-refractivity contribution in [3.63, 3.8) is 0 Å². The average Bonchev–Trinajstić information content (AvgIpc) is 2.88.